The van der Waals surface area contributed by atoms with Gasteiger partial charge < -0.3 is 15.7 Å². The van der Waals surface area contributed by atoms with Crippen molar-refractivity contribution in [3.8, 4) is 0 Å². The van der Waals surface area contributed by atoms with Crippen LogP contribution in [-0.2, 0) is 4.79 Å². The first kappa shape index (κ1) is 13.8. The van der Waals surface area contributed by atoms with Crippen molar-refractivity contribution in [2.24, 2.45) is 10.8 Å². The summed E-state index contributed by atoms with van der Waals surface area (Å²) < 4.78 is 0. The number of carbonyl (C=O) groups is 2. The molecule has 5 heteroatoms. The molecule has 0 aliphatic heterocycles. The highest BCUT2D eigenvalue weighted by atomic mass is 16.4. The Kier molecular flexibility index (Phi) is 3.41. The van der Waals surface area contributed by atoms with E-state index < -0.39 is 23.5 Å². The van der Waals surface area contributed by atoms with Gasteiger partial charge in [0.1, 0.15) is 6.04 Å². The molecule has 17 heavy (non-hydrogen) atoms. The van der Waals surface area contributed by atoms with Gasteiger partial charge in [0.05, 0.1) is 0 Å². The smallest absolute Gasteiger partial charge is 0.326 e. The van der Waals surface area contributed by atoms with Gasteiger partial charge in [0.25, 0.3) is 0 Å². The first-order valence-electron chi connectivity index (χ1n) is 5.84. The lowest BCUT2D eigenvalue weighted by atomic mass is 9.87. The average molecular weight is 242 g/mol. The summed E-state index contributed by atoms with van der Waals surface area (Å²) in [6.45, 7) is 9.49. The molecule has 0 aromatic heterocycles. The molecule has 1 aliphatic rings. The van der Waals surface area contributed by atoms with Crippen LogP contribution in [0.25, 0.3) is 0 Å². The standard InChI is InChI=1S/C12H22N2O3/c1-11(2,3)8(9(15)16)14-10(17)13-7-6-12(7,4)5/h7-8H,6H2,1-5H3,(H,15,16)(H2,13,14,17)/t7?,8-/m0/s1. The molecule has 1 saturated carbocycles. The van der Waals surface area contributed by atoms with Crippen LogP contribution in [0.3, 0.4) is 0 Å². The number of carboxylic acid groups (broad SMARTS) is 1. The number of aliphatic carboxylic acids is 1. The zero-order chi connectivity index (χ0) is 13.4. The summed E-state index contributed by atoms with van der Waals surface area (Å²) in [5, 5.41) is 14.4. The Morgan fingerprint density at radius 2 is 1.82 bits per heavy atom. The minimum absolute atomic E-state index is 0.137. The normalized spacial score (nSPS) is 23.7. The molecular formula is C12H22N2O3. The Morgan fingerprint density at radius 3 is 2.12 bits per heavy atom. The lowest BCUT2D eigenvalue weighted by molar-refractivity contribution is -0.141. The number of carbonyl (C=O) groups excluding carboxylic acids is 1. The summed E-state index contributed by atoms with van der Waals surface area (Å²) in [5.74, 6) is -1.01. The maximum Gasteiger partial charge on any atom is 0.326 e. The first-order chi connectivity index (χ1) is 7.54. The van der Waals surface area contributed by atoms with Crippen molar-refractivity contribution < 1.29 is 14.7 Å². The predicted octanol–water partition coefficient (Wildman–Crippen LogP) is 1.58. The Hall–Kier alpha value is -1.26. The maximum atomic E-state index is 11.7. The van der Waals surface area contributed by atoms with E-state index in [9.17, 15) is 9.59 Å². The molecule has 0 aromatic carbocycles. The van der Waals surface area contributed by atoms with Crippen LogP contribution in [0.1, 0.15) is 41.0 Å². The van der Waals surface area contributed by atoms with Crippen LogP contribution in [0.4, 0.5) is 4.79 Å². The lowest BCUT2D eigenvalue weighted by Gasteiger charge is -2.27. The zero-order valence-electron chi connectivity index (χ0n) is 11.1. The molecule has 0 aromatic rings. The number of carboxylic acids is 1. The topological polar surface area (TPSA) is 78.4 Å². The van der Waals surface area contributed by atoms with Gasteiger partial charge in [-0.2, -0.15) is 0 Å². The Bertz CT molecular complexity index is 331. The second-order valence-corrected chi connectivity index (χ2v) is 6.50. The van der Waals surface area contributed by atoms with Crippen molar-refractivity contribution in [2.75, 3.05) is 0 Å². The zero-order valence-corrected chi connectivity index (χ0v) is 11.1. The second kappa shape index (κ2) is 4.20. The second-order valence-electron chi connectivity index (χ2n) is 6.50. The summed E-state index contributed by atoms with van der Waals surface area (Å²) in [6, 6.07) is -1.14. The van der Waals surface area contributed by atoms with Gasteiger partial charge >= 0.3 is 12.0 Å². The summed E-state index contributed by atoms with van der Waals surface area (Å²) in [6.07, 6.45) is 0.938. The molecule has 3 N–H and O–H groups in total. The molecule has 1 rings (SSSR count). The minimum Gasteiger partial charge on any atom is -0.480 e. The minimum atomic E-state index is -1.01. The SMILES string of the molecule is CC1(C)CC1NC(=O)N[C@@H](C(=O)O)C(C)(C)C. The van der Waals surface area contributed by atoms with Crippen molar-refractivity contribution in [2.45, 2.75) is 53.1 Å². The Morgan fingerprint density at radius 1 is 1.35 bits per heavy atom. The van der Waals surface area contributed by atoms with Crippen LogP contribution >= 0.6 is 0 Å². The van der Waals surface area contributed by atoms with Crippen LogP contribution in [-0.4, -0.2) is 29.2 Å². The highest BCUT2D eigenvalue weighted by Gasteiger charge is 2.47. The van der Waals surface area contributed by atoms with Gasteiger partial charge in [-0.25, -0.2) is 9.59 Å². The Balaban J connectivity index is 2.51. The monoisotopic (exact) mass is 242 g/mol. The average Bonchev–Trinajstić information content (AvgIpc) is 2.67. The maximum absolute atomic E-state index is 11.7. The van der Waals surface area contributed by atoms with Gasteiger partial charge in [0, 0.05) is 6.04 Å². The van der Waals surface area contributed by atoms with Crippen molar-refractivity contribution in [3.63, 3.8) is 0 Å². The van der Waals surface area contributed by atoms with Gasteiger partial charge in [-0.15, -0.1) is 0 Å². The number of rotatable bonds is 3. The van der Waals surface area contributed by atoms with E-state index in [1.54, 1.807) is 20.8 Å². The fourth-order valence-electron chi connectivity index (χ4n) is 1.69. The van der Waals surface area contributed by atoms with Crippen LogP contribution in [0.5, 0.6) is 0 Å². The van der Waals surface area contributed by atoms with Crippen molar-refractivity contribution >= 4 is 12.0 Å². The highest BCUT2D eigenvalue weighted by molar-refractivity contribution is 5.83. The highest BCUT2D eigenvalue weighted by Crippen LogP contribution is 2.44. The molecule has 0 bridgehead atoms. The molecule has 1 aliphatic carbocycles. The number of amides is 2. The van der Waals surface area contributed by atoms with Crippen LogP contribution in [0.15, 0.2) is 0 Å². The molecule has 5 nitrogen and oxygen atoms in total. The van der Waals surface area contributed by atoms with Gasteiger partial charge in [0.2, 0.25) is 0 Å². The number of urea groups is 1. The van der Waals surface area contributed by atoms with Crippen molar-refractivity contribution in [3.05, 3.63) is 0 Å². The van der Waals surface area contributed by atoms with E-state index in [1.807, 2.05) is 0 Å². The first-order valence-corrected chi connectivity index (χ1v) is 5.84. The Labute approximate surface area is 102 Å². The van der Waals surface area contributed by atoms with Gasteiger partial charge in [-0.3, -0.25) is 0 Å². The fraction of sp³-hybridized carbons (Fsp3) is 0.833. The van der Waals surface area contributed by atoms with Gasteiger partial charge in [0.15, 0.2) is 0 Å². The summed E-state index contributed by atoms with van der Waals surface area (Å²) in [7, 11) is 0. The predicted molar refractivity (Wildman–Crippen MR) is 64.7 cm³/mol. The molecule has 1 unspecified atom stereocenters. The molecule has 0 saturated heterocycles. The fourth-order valence-corrected chi connectivity index (χ4v) is 1.69. The van der Waals surface area contributed by atoms with E-state index in [0.29, 0.717) is 0 Å². The largest absolute Gasteiger partial charge is 0.480 e. The van der Waals surface area contributed by atoms with Crippen LogP contribution in [0, 0.1) is 10.8 Å². The van der Waals surface area contributed by atoms with E-state index in [0.717, 1.165) is 6.42 Å². The summed E-state index contributed by atoms with van der Waals surface area (Å²) >= 11 is 0. The summed E-state index contributed by atoms with van der Waals surface area (Å²) in [4.78, 5) is 22.7. The van der Waals surface area contributed by atoms with Gasteiger partial charge in [-0.1, -0.05) is 34.6 Å². The molecule has 0 heterocycles. The van der Waals surface area contributed by atoms with E-state index >= 15 is 0 Å². The molecule has 2 amide bonds. The third-order valence-electron chi connectivity index (χ3n) is 3.21. The van der Waals surface area contributed by atoms with E-state index in [2.05, 4.69) is 24.5 Å². The van der Waals surface area contributed by atoms with Crippen LogP contribution in [0.2, 0.25) is 0 Å². The van der Waals surface area contributed by atoms with E-state index in [4.69, 9.17) is 5.11 Å². The number of hydrogen-bond donors (Lipinski definition) is 3. The lowest BCUT2D eigenvalue weighted by Crippen LogP contribution is -2.52. The molecule has 98 valence electrons. The third-order valence-corrected chi connectivity index (χ3v) is 3.21. The number of nitrogens with one attached hydrogen (secondary N) is 2. The quantitative estimate of drug-likeness (QED) is 0.703. The van der Waals surface area contributed by atoms with Crippen molar-refractivity contribution in [1.29, 1.82) is 0 Å². The molecule has 1 fully saturated rings. The summed E-state index contributed by atoms with van der Waals surface area (Å²) in [5.41, 5.74) is -0.375. The van der Waals surface area contributed by atoms with E-state index in [1.165, 1.54) is 0 Å². The van der Waals surface area contributed by atoms with E-state index in [-0.39, 0.29) is 11.5 Å². The molecular weight excluding hydrogens is 220 g/mol. The number of hydrogen-bond acceptors (Lipinski definition) is 2. The van der Waals surface area contributed by atoms with Gasteiger partial charge in [-0.05, 0) is 17.3 Å². The van der Waals surface area contributed by atoms with Crippen molar-refractivity contribution in [1.82, 2.24) is 10.6 Å². The molecule has 0 radical (unpaired) electrons. The molecule has 0 spiro atoms. The molecule has 2 atom stereocenters. The van der Waals surface area contributed by atoms with Crippen LogP contribution < -0.4 is 10.6 Å². The third kappa shape index (κ3) is 3.61.